The lowest BCUT2D eigenvalue weighted by Gasteiger charge is -2.10. The molecule has 2 aromatic rings. The van der Waals surface area contributed by atoms with E-state index in [-0.39, 0.29) is 11.7 Å². The minimum Gasteiger partial charge on any atom is -0.494 e. The summed E-state index contributed by atoms with van der Waals surface area (Å²) in [5, 5.41) is 2.74. The molecule has 0 heterocycles. The first-order chi connectivity index (χ1) is 9.51. The number of anilines is 2. The van der Waals surface area contributed by atoms with E-state index in [0.29, 0.717) is 16.9 Å². The highest BCUT2D eigenvalue weighted by atomic mass is 19.1. The van der Waals surface area contributed by atoms with Crippen LogP contribution in [0.2, 0.25) is 0 Å². The van der Waals surface area contributed by atoms with Crippen molar-refractivity contribution in [1.82, 2.24) is 0 Å². The summed E-state index contributed by atoms with van der Waals surface area (Å²) in [7, 11) is 1.35. The van der Waals surface area contributed by atoms with Crippen molar-refractivity contribution in [2.45, 2.75) is 6.92 Å². The Morgan fingerprint density at radius 1 is 1.25 bits per heavy atom. The third-order valence-electron chi connectivity index (χ3n) is 2.92. The van der Waals surface area contributed by atoms with Gasteiger partial charge in [0.25, 0.3) is 5.91 Å². The molecule has 2 aromatic carbocycles. The van der Waals surface area contributed by atoms with Gasteiger partial charge in [0.05, 0.1) is 7.11 Å². The van der Waals surface area contributed by atoms with Gasteiger partial charge in [-0.25, -0.2) is 4.39 Å². The molecule has 0 radical (unpaired) electrons. The Hall–Kier alpha value is -2.56. The lowest BCUT2D eigenvalue weighted by atomic mass is 10.1. The van der Waals surface area contributed by atoms with Gasteiger partial charge in [0, 0.05) is 16.9 Å². The van der Waals surface area contributed by atoms with Crippen LogP contribution in [0.1, 0.15) is 15.9 Å². The molecule has 5 heteroatoms. The molecular weight excluding hydrogens is 259 g/mol. The number of carbonyl (C=O) groups excluding carboxylic acids is 1. The first kappa shape index (κ1) is 13.9. The van der Waals surface area contributed by atoms with Gasteiger partial charge in [-0.05, 0) is 42.8 Å². The van der Waals surface area contributed by atoms with Gasteiger partial charge < -0.3 is 15.8 Å². The maximum absolute atomic E-state index is 13.3. The molecule has 0 unspecified atom stereocenters. The van der Waals surface area contributed by atoms with Crippen molar-refractivity contribution in [1.29, 1.82) is 0 Å². The highest BCUT2D eigenvalue weighted by molar-refractivity contribution is 6.05. The molecule has 2 rings (SSSR count). The lowest BCUT2D eigenvalue weighted by Crippen LogP contribution is -2.13. The van der Waals surface area contributed by atoms with Crippen molar-refractivity contribution in [3.05, 3.63) is 53.3 Å². The molecule has 0 atom stereocenters. The van der Waals surface area contributed by atoms with E-state index in [1.807, 2.05) is 13.0 Å². The molecular formula is C15H15FN2O2. The fraction of sp³-hybridized carbons (Fsp3) is 0.133. The van der Waals surface area contributed by atoms with Crippen LogP contribution in [0.15, 0.2) is 36.4 Å². The zero-order chi connectivity index (χ0) is 14.7. The van der Waals surface area contributed by atoms with Crippen LogP contribution >= 0.6 is 0 Å². The van der Waals surface area contributed by atoms with E-state index < -0.39 is 5.82 Å². The number of hydrogen-bond donors (Lipinski definition) is 2. The second-order valence-electron chi connectivity index (χ2n) is 4.38. The van der Waals surface area contributed by atoms with Crippen LogP contribution in [0.3, 0.4) is 0 Å². The van der Waals surface area contributed by atoms with Gasteiger partial charge in [-0.1, -0.05) is 6.07 Å². The van der Waals surface area contributed by atoms with Crippen molar-refractivity contribution >= 4 is 17.3 Å². The minimum atomic E-state index is -0.510. The van der Waals surface area contributed by atoms with Gasteiger partial charge in [0.15, 0.2) is 11.6 Å². The van der Waals surface area contributed by atoms with Gasteiger partial charge in [0.1, 0.15) is 0 Å². The van der Waals surface area contributed by atoms with E-state index >= 15 is 0 Å². The molecule has 0 aliphatic heterocycles. The molecule has 3 N–H and O–H groups in total. The summed E-state index contributed by atoms with van der Waals surface area (Å²) in [6.45, 7) is 1.86. The first-order valence-corrected chi connectivity index (χ1v) is 6.02. The molecule has 104 valence electrons. The highest BCUT2D eigenvalue weighted by Crippen LogP contribution is 2.21. The second-order valence-corrected chi connectivity index (χ2v) is 4.38. The van der Waals surface area contributed by atoms with Crippen LogP contribution < -0.4 is 15.8 Å². The number of hydrogen-bond acceptors (Lipinski definition) is 3. The topological polar surface area (TPSA) is 64.3 Å². The Balaban J connectivity index is 2.26. The predicted octanol–water partition coefficient (Wildman–Crippen LogP) is 2.98. The summed E-state index contributed by atoms with van der Waals surface area (Å²) in [6, 6.07) is 9.19. The Kier molecular flexibility index (Phi) is 3.89. The number of benzene rings is 2. The normalized spacial score (nSPS) is 10.2. The summed E-state index contributed by atoms with van der Waals surface area (Å²) in [5.74, 6) is -0.830. The van der Waals surface area contributed by atoms with Crippen LogP contribution in [-0.4, -0.2) is 13.0 Å². The van der Waals surface area contributed by atoms with Crippen LogP contribution in [0, 0.1) is 12.7 Å². The van der Waals surface area contributed by atoms with Crippen molar-refractivity contribution in [3.63, 3.8) is 0 Å². The summed E-state index contributed by atoms with van der Waals surface area (Å²) in [6.07, 6.45) is 0. The second kappa shape index (κ2) is 5.61. The zero-order valence-corrected chi connectivity index (χ0v) is 11.2. The number of methoxy groups -OCH3 is 1. The van der Waals surface area contributed by atoms with Gasteiger partial charge in [0.2, 0.25) is 0 Å². The number of nitrogen functional groups attached to an aromatic ring is 1. The monoisotopic (exact) mass is 274 g/mol. The Bertz CT molecular complexity index is 656. The number of aryl methyl sites for hydroxylation is 1. The maximum Gasteiger partial charge on any atom is 0.255 e. The number of amides is 1. The Morgan fingerprint density at radius 2 is 2.00 bits per heavy atom. The number of nitrogens with one attached hydrogen (secondary N) is 1. The standard InChI is InChI=1S/C15H15FN2O2/c1-9-3-5-11(17)8-13(9)18-15(19)10-4-6-12(16)14(7-10)20-2/h3-8H,17H2,1-2H3,(H,18,19). The number of ether oxygens (including phenoxy) is 1. The molecule has 0 spiro atoms. The molecule has 0 saturated carbocycles. The molecule has 0 aliphatic carbocycles. The predicted molar refractivity (Wildman–Crippen MR) is 76.5 cm³/mol. The SMILES string of the molecule is COc1cc(C(=O)Nc2cc(N)ccc2C)ccc1F. The number of nitrogens with two attached hydrogens (primary N) is 1. The van der Waals surface area contributed by atoms with Gasteiger partial charge in [-0.3, -0.25) is 4.79 Å². The zero-order valence-electron chi connectivity index (χ0n) is 11.2. The van der Waals surface area contributed by atoms with E-state index in [1.54, 1.807) is 12.1 Å². The van der Waals surface area contributed by atoms with Gasteiger partial charge in [-0.15, -0.1) is 0 Å². The largest absolute Gasteiger partial charge is 0.494 e. The Morgan fingerprint density at radius 3 is 2.70 bits per heavy atom. The quantitative estimate of drug-likeness (QED) is 0.846. The molecule has 0 bridgehead atoms. The summed E-state index contributed by atoms with van der Waals surface area (Å²) >= 11 is 0. The first-order valence-electron chi connectivity index (χ1n) is 6.02. The van der Waals surface area contributed by atoms with E-state index in [2.05, 4.69) is 5.32 Å². The third kappa shape index (κ3) is 2.88. The van der Waals surface area contributed by atoms with Crippen LogP contribution in [-0.2, 0) is 0 Å². The lowest BCUT2D eigenvalue weighted by molar-refractivity contribution is 0.102. The van der Waals surface area contributed by atoms with Crippen molar-refractivity contribution < 1.29 is 13.9 Å². The van der Waals surface area contributed by atoms with Crippen molar-refractivity contribution in [3.8, 4) is 5.75 Å². The van der Waals surface area contributed by atoms with E-state index in [9.17, 15) is 9.18 Å². The smallest absolute Gasteiger partial charge is 0.255 e. The molecule has 0 aliphatic rings. The van der Waals surface area contributed by atoms with E-state index in [0.717, 1.165) is 5.56 Å². The van der Waals surface area contributed by atoms with Gasteiger partial charge in [-0.2, -0.15) is 0 Å². The number of rotatable bonds is 3. The van der Waals surface area contributed by atoms with E-state index in [1.165, 1.54) is 25.3 Å². The molecule has 0 fully saturated rings. The molecule has 0 aromatic heterocycles. The molecule has 20 heavy (non-hydrogen) atoms. The summed E-state index contributed by atoms with van der Waals surface area (Å²) in [5.41, 5.74) is 8.07. The summed E-state index contributed by atoms with van der Waals surface area (Å²) < 4.78 is 18.2. The average molecular weight is 274 g/mol. The Labute approximate surface area is 116 Å². The van der Waals surface area contributed by atoms with Crippen LogP contribution in [0.25, 0.3) is 0 Å². The highest BCUT2D eigenvalue weighted by Gasteiger charge is 2.11. The summed E-state index contributed by atoms with van der Waals surface area (Å²) in [4.78, 5) is 12.1. The molecule has 1 amide bonds. The van der Waals surface area contributed by atoms with Crippen molar-refractivity contribution in [2.24, 2.45) is 0 Å². The molecule has 4 nitrogen and oxygen atoms in total. The van der Waals surface area contributed by atoms with Crippen LogP contribution in [0.4, 0.5) is 15.8 Å². The minimum absolute atomic E-state index is 0.0296. The van der Waals surface area contributed by atoms with Gasteiger partial charge >= 0.3 is 0 Å². The van der Waals surface area contributed by atoms with Crippen LogP contribution in [0.5, 0.6) is 5.75 Å². The fourth-order valence-electron chi connectivity index (χ4n) is 1.77. The molecule has 0 saturated heterocycles. The van der Waals surface area contributed by atoms with E-state index in [4.69, 9.17) is 10.5 Å². The fourth-order valence-corrected chi connectivity index (χ4v) is 1.77. The number of halogens is 1. The number of carbonyl (C=O) groups is 1. The van der Waals surface area contributed by atoms with Crippen molar-refractivity contribution in [2.75, 3.05) is 18.2 Å². The average Bonchev–Trinajstić information content (AvgIpc) is 2.43. The third-order valence-corrected chi connectivity index (χ3v) is 2.92. The maximum atomic E-state index is 13.3.